The second-order valence-electron chi connectivity index (χ2n) is 5.26. The summed E-state index contributed by atoms with van der Waals surface area (Å²) in [6, 6.07) is 0.338. The molecule has 2 atom stereocenters. The summed E-state index contributed by atoms with van der Waals surface area (Å²) in [5, 5.41) is 4.57. The fourth-order valence-corrected chi connectivity index (χ4v) is 3.32. The number of nitrogens with one attached hydrogen (secondary N) is 1. The van der Waals surface area contributed by atoms with Gasteiger partial charge in [0.1, 0.15) is 5.52 Å². The van der Waals surface area contributed by atoms with Gasteiger partial charge in [-0.15, -0.1) is 0 Å². The summed E-state index contributed by atoms with van der Waals surface area (Å²) < 4.78 is 10.5. The molecule has 0 aromatic carbocycles. The van der Waals surface area contributed by atoms with Gasteiger partial charge in [0, 0.05) is 25.1 Å². The molecule has 0 bridgehead atoms. The number of hydrogen-bond acceptors (Lipinski definition) is 3. The van der Waals surface area contributed by atoms with E-state index >= 15 is 0 Å². The molecule has 104 valence electrons. The Bertz CT molecular complexity index is 647. The van der Waals surface area contributed by atoms with Gasteiger partial charge in [-0.05, 0) is 39.4 Å². The van der Waals surface area contributed by atoms with Gasteiger partial charge in [0.2, 0.25) is 0 Å². The van der Waals surface area contributed by atoms with E-state index in [4.69, 9.17) is 17.0 Å². The second kappa shape index (κ2) is 4.76. The molecule has 1 aliphatic rings. The molecular weight excluding hydrogens is 260 g/mol. The zero-order valence-electron chi connectivity index (χ0n) is 11.6. The summed E-state index contributed by atoms with van der Waals surface area (Å²) in [6.45, 7) is 8.90. The number of imidazole rings is 1. The third-order valence-corrected chi connectivity index (χ3v) is 4.43. The van der Waals surface area contributed by atoms with E-state index < -0.39 is 0 Å². The third kappa shape index (κ3) is 1.94. The monoisotopic (exact) mass is 280 g/mol. The van der Waals surface area contributed by atoms with Gasteiger partial charge in [0.25, 0.3) is 0 Å². The second-order valence-corrected chi connectivity index (χ2v) is 5.65. The lowest BCUT2D eigenvalue weighted by Gasteiger charge is -2.20. The quantitative estimate of drug-likeness (QED) is 0.880. The molecule has 3 heterocycles. The molecule has 2 aromatic rings. The number of aromatic amines is 1. The smallest absolute Gasteiger partial charge is 0.179 e. The van der Waals surface area contributed by atoms with Crippen LogP contribution < -0.4 is 0 Å². The molecule has 2 unspecified atom stereocenters. The molecule has 3 rings (SSSR count). The van der Waals surface area contributed by atoms with Crippen molar-refractivity contribution in [3.63, 3.8) is 0 Å². The molecule has 0 radical (unpaired) electrons. The van der Waals surface area contributed by atoms with Crippen LogP contribution in [-0.2, 0) is 11.3 Å². The van der Waals surface area contributed by atoms with Gasteiger partial charge in [-0.1, -0.05) is 0 Å². The van der Waals surface area contributed by atoms with Crippen LogP contribution in [0.25, 0.3) is 11.2 Å². The molecule has 1 N–H and O–H groups in total. The lowest BCUT2D eigenvalue weighted by atomic mass is 10.0. The first kappa shape index (κ1) is 12.9. The molecule has 0 amide bonds. The maximum atomic E-state index is 5.51. The van der Waals surface area contributed by atoms with Crippen LogP contribution in [0.5, 0.6) is 0 Å². The Kier molecular flexibility index (Phi) is 3.22. The van der Waals surface area contributed by atoms with Crippen molar-refractivity contribution in [1.29, 1.82) is 0 Å². The Hall–Kier alpha value is -1.14. The van der Waals surface area contributed by atoms with Crippen molar-refractivity contribution in [3.05, 3.63) is 10.5 Å². The highest BCUT2D eigenvalue weighted by Gasteiger charge is 2.27. The minimum atomic E-state index is 0.338. The first-order valence-corrected chi connectivity index (χ1v) is 7.29. The van der Waals surface area contributed by atoms with Crippen molar-refractivity contribution in [2.75, 3.05) is 13.2 Å². The minimum Gasteiger partial charge on any atom is -0.381 e. The first-order valence-electron chi connectivity index (χ1n) is 6.88. The van der Waals surface area contributed by atoms with Crippen molar-refractivity contribution in [2.45, 2.75) is 39.8 Å². The van der Waals surface area contributed by atoms with Crippen LogP contribution in [-0.4, -0.2) is 32.5 Å². The van der Waals surface area contributed by atoms with Gasteiger partial charge in [-0.3, -0.25) is 4.57 Å². The highest BCUT2D eigenvalue weighted by Crippen LogP contribution is 2.30. The molecule has 1 fully saturated rings. The summed E-state index contributed by atoms with van der Waals surface area (Å²) in [4.78, 5) is 3.31. The van der Waals surface area contributed by atoms with E-state index in [0.29, 0.717) is 12.0 Å². The Balaban J connectivity index is 2.16. The fraction of sp³-hybridized carbons (Fsp3) is 0.692. The van der Waals surface area contributed by atoms with Crippen molar-refractivity contribution in [3.8, 4) is 0 Å². The number of rotatable bonds is 3. The van der Waals surface area contributed by atoms with E-state index in [0.717, 1.165) is 47.8 Å². The maximum Gasteiger partial charge on any atom is 0.179 e. The average molecular weight is 280 g/mol. The van der Waals surface area contributed by atoms with Gasteiger partial charge in [0.05, 0.1) is 12.3 Å². The highest BCUT2D eigenvalue weighted by molar-refractivity contribution is 7.71. The van der Waals surface area contributed by atoms with Crippen LogP contribution in [0.3, 0.4) is 0 Å². The van der Waals surface area contributed by atoms with Crippen LogP contribution in [0.1, 0.15) is 32.0 Å². The lowest BCUT2D eigenvalue weighted by molar-refractivity contribution is 0.175. The predicted molar refractivity (Wildman–Crippen MR) is 77.0 cm³/mol. The van der Waals surface area contributed by atoms with E-state index in [9.17, 15) is 0 Å². The SMILES string of the molecule is CCn1nc(C)c2[nH]c(=S)n(C(C)C3CCOC3)c21. The molecule has 1 aliphatic heterocycles. The molecule has 19 heavy (non-hydrogen) atoms. The standard InChI is InChI=1S/C13H20N4OS/c1-4-16-12-11(8(2)15-16)14-13(19)17(12)9(3)10-5-6-18-7-10/h9-10H,4-7H2,1-3H3,(H,14,19). The zero-order valence-corrected chi connectivity index (χ0v) is 12.5. The van der Waals surface area contributed by atoms with Gasteiger partial charge in [-0.25, -0.2) is 4.68 Å². The normalized spacial score (nSPS) is 21.3. The Morgan fingerprint density at radius 3 is 3.00 bits per heavy atom. The highest BCUT2D eigenvalue weighted by atomic mass is 32.1. The van der Waals surface area contributed by atoms with Crippen LogP contribution in [0, 0.1) is 17.6 Å². The summed E-state index contributed by atoms with van der Waals surface area (Å²) in [6.07, 6.45) is 1.11. The number of aromatic nitrogens is 4. The van der Waals surface area contributed by atoms with Crippen LogP contribution in [0.4, 0.5) is 0 Å². The maximum absolute atomic E-state index is 5.51. The molecule has 0 saturated carbocycles. The van der Waals surface area contributed by atoms with E-state index in [1.807, 2.05) is 11.6 Å². The van der Waals surface area contributed by atoms with Crippen molar-refractivity contribution >= 4 is 23.4 Å². The summed E-state index contributed by atoms with van der Waals surface area (Å²) in [5.74, 6) is 0.534. The largest absolute Gasteiger partial charge is 0.381 e. The average Bonchev–Trinajstić information content (AvgIpc) is 3.06. The van der Waals surface area contributed by atoms with Crippen LogP contribution in [0.2, 0.25) is 0 Å². The summed E-state index contributed by atoms with van der Waals surface area (Å²) in [5.41, 5.74) is 3.19. The molecule has 6 heteroatoms. The molecule has 0 aliphatic carbocycles. The van der Waals surface area contributed by atoms with Crippen molar-refractivity contribution in [1.82, 2.24) is 19.3 Å². The van der Waals surface area contributed by atoms with Gasteiger partial charge < -0.3 is 9.72 Å². The van der Waals surface area contributed by atoms with Crippen molar-refractivity contribution < 1.29 is 4.74 Å². The number of hydrogen-bond donors (Lipinski definition) is 1. The Morgan fingerprint density at radius 1 is 1.58 bits per heavy atom. The van der Waals surface area contributed by atoms with Crippen LogP contribution >= 0.6 is 12.2 Å². The zero-order chi connectivity index (χ0) is 13.6. The molecule has 1 saturated heterocycles. The Labute approximate surface area is 117 Å². The molecular formula is C13H20N4OS. The number of aryl methyl sites for hydroxylation is 2. The van der Waals surface area contributed by atoms with Crippen molar-refractivity contribution in [2.24, 2.45) is 5.92 Å². The van der Waals surface area contributed by atoms with Gasteiger partial charge >= 0.3 is 0 Å². The minimum absolute atomic E-state index is 0.338. The van der Waals surface area contributed by atoms with E-state index in [2.05, 4.69) is 28.5 Å². The predicted octanol–water partition coefficient (Wildman–Crippen LogP) is 2.82. The fourth-order valence-electron chi connectivity index (χ4n) is 2.97. The number of H-pyrrole nitrogens is 1. The third-order valence-electron chi connectivity index (χ3n) is 4.13. The van der Waals surface area contributed by atoms with E-state index in [-0.39, 0.29) is 0 Å². The van der Waals surface area contributed by atoms with Gasteiger partial charge in [0.15, 0.2) is 10.4 Å². The molecule has 2 aromatic heterocycles. The molecule has 5 nitrogen and oxygen atoms in total. The molecule has 0 spiro atoms. The van der Waals surface area contributed by atoms with Crippen LogP contribution in [0.15, 0.2) is 0 Å². The number of nitrogens with zero attached hydrogens (tertiary/aromatic N) is 3. The summed E-state index contributed by atoms with van der Waals surface area (Å²) >= 11 is 5.51. The number of fused-ring (bicyclic) bond motifs is 1. The first-order chi connectivity index (χ1) is 9.13. The van der Waals surface area contributed by atoms with E-state index in [1.54, 1.807) is 0 Å². The lowest BCUT2D eigenvalue weighted by Crippen LogP contribution is -2.18. The summed E-state index contributed by atoms with van der Waals surface area (Å²) in [7, 11) is 0. The topological polar surface area (TPSA) is 47.8 Å². The number of ether oxygens (including phenoxy) is 1. The van der Waals surface area contributed by atoms with E-state index in [1.165, 1.54) is 0 Å². The Morgan fingerprint density at radius 2 is 2.37 bits per heavy atom. The van der Waals surface area contributed by atoms with Gasteiger partial charge in [-0.2, -0.15) is 5.10 Å².